The van der Waals surface area contributed by atoms with Crippen molar-refractivity contribution in [3.05, 3.63) is 23.8 Å². The molecule has 1 unspecified atom stereocenters. The Bertz CT molecular complexity index is 390. The number of hydrogen-bond donors (Lipinski definition) is 1. The summed E-state index contributed by atoms with van der Waals surface area (Å²) in [7, 11) is 0. The van der Waals surface area contributed by atoms with Gasteiger partial charge in [0, 0.05) is 0 Å². The minimum Gasteiger partial charge on any atom is -0.477 e. The van der Waals surface area contributed by atoms with Crippen LogP contribution in [0.5, 0.6) is 5.75 Å². The topological polar surface area (TPSA) is 61.5 Å². The van der Waals surface area contributed by atoms with Crippen LogP contribution in [-0.4, -0.2) is 18.7 Å². The van der Waals surface area contributed by atoms with Crippen LogP contribution in [0, 0.1) is 6.92 Å². The van der Waals surface area contributed by atoms with Gasteiger partial charge in [-0.2, -0.15) is 0 Å². The number of benzene rings is 1. The predicted octanol–water partition coefficient (Wildman–Crippen LogP) is 2.30. The van der Waals surface area contributed by atoms with Crippen LogP contribution in [0.1, 0.15) is 25.8 Å². The third kappa shape index (κ3) is 3.66. The lowest BCUT2D eigenvalue weighted by molar-refractivity contribution is -0.151. The molecule has 1 aromatic carbocycles. The zero-order valence-corrected chi connectivity index (χ0v) is 10.5. The Hall–Kier alpha value is -1.71. The van der Waals surface area contributed by atoms with Gasteiger partial charge in [0.15, 0.2) is 6.10 Å². The van der Waals surface area contributed by atoms with Crippen molar-refractivity contribution in [3.8, 4) is 5.75 Å². The van der Waals surface area contributed by atoms with Crippen LogP contribution >= 0.6 is 0 Å². The highest BCUT2D eigenvalue weighted by atomic mass is 16.6. The predicted molar refractivity (Wildman–Crippen MR) is 66.9 cm³/mol. The number of ether oxygens (including phenoxy) is 2. The highest BCUT2D eigenvalue weighted by Crippen LogP contribution is 2.24. The number of carbonyl (C=O) groups excluding carboxylic acids is 1. The molecule has 1 aromatic rings. The van der Waals surface area contributed by atoms with Crippen molar-refractivity contribution in [2.75, 3.05) is 12.3 Å². The molecule has 1 rings (SSSR count). The second kappa shape index (κ2) is 6.13. The molecule has 0 saturated carbocycles. The van der Waals surface area contributed by atoms with E-state index in [2.05, 4.69) is 0 Å². The van der Waals surface area contributed by atoms with Gasteiger partial charge in [-0.15, -0.1) is 0 Å². The summed E-state index contributed by atoms with van der Waals surface area (Å²) in [6.45, 7) is 5.93. The maximum atomic E-state index is 11.6. The summed E-state index contributed by atoms with van der Waals surface area (Å²) in [6, 6.07) is 5.48. The third-order valence-electron chi connectivity index (χ3n) is 2.35. The number of hydrogen-bond acceptors (Lipinski definition) is 4. The number of rotatable bonds is 5. The summed E-state index contributed by atoms with van der Waals surface area (Å²) in [6.07, 6.45) is -0.0495. The van der Waals surface area contributed by atoms with Gasteiger partial charge in [-0.25, -0.2) is 4.79 Å². The number of esters is 1. The molecule has 0 aliphatic rings. The highest BCUT2D eigenvalue weighted by molar-refractivity contribution is 5.75. The summed E-state index contributed by atoms with van der Waals surface area (Å²) in [5.74, 6) is 0.172. The van der Waals surface area contributed by atoms with Crippen LogP contribution < -0.4 is 10.5 Å². The van der Waals surface area contributed by atoms with Crippen molar-refractivity contribution in [1.29, 1.82) is 0 Å². The van der Waals surface area contributed by atoms with Gasteiger partial charge in [-0.3, -0.25) is 0 Å². The largest absolute Gasteiger partial charge is 0.477 e. The molecule has 0 amide bonds. The van der Waals surface area contributed by atoms with E-state index in [1.165, 1.54) is 0 Å². The monoisotopic (exact) mass is 237 g/mol. The van der Waals surface area contributed by atoms with E-state index in [9.17, 15) is 4.79 Å². The van der Waals surface area contributed by atoms with E-state index < -0.39 is 6.10 Å². The van der Waals surface area contributed by atoms with Crippen LogP contribution in [0.4, 0.5) is 5.69 Å². The second-order valence-corrected chi connectivity index (χ2v) is 3.81. The van der Waals surface area contributed by atoms with Crippen molar-refractivity contribution < 1.29 is 14.3 Å². The maximum Gasteiger partial charge on any atom is 0.347 e. The SMILES string of the molecule is CCOC(=O)C(CC)Oc1ccc(C)cc1N. The fourth-order valence-electron chi connectivity index (χ4n) is 1.46. The molecule has 0 aromatic heterocycles. The van der Waals surface area contributed by atoms with Crippen molar-refractivity contribution in [1.82, 2.24) is 0 Å². The molecule has 17 heavy (non-hydrogen) atoms. The van der Waals surface area contributed by atoms with E-state index in [-0.39, 0.29) is 5.97 Å². The lowest BCUT2D eigenvalue weighted by Crippen LogP contribution is -2.29. The summed E-state index contributed by atoms with van der Waals surface area (Å²) in [4.78, 5) is 11.6. The molecular formula is C13H19NO3. The first-order chi connectivity index (χ1) is 8.08. The van der Waals surface area contributed by atoms with E-state index in [0.717, 1.165) is 5.56 Å². The van der Waals surface area contributed by atoms with Gasteiger partial charge in [0.2, 0.25) is 0 Å². The molecule has 0 radical (unpaired) electrons. The molecular weight excluding hydrogens is 218 g/mol. The average Bonchev–Trinajstić information content (AvgIpc) is 2.28. The third-order valence-corrected chi connectivity index (χ3v) is 2.35. The lowest BCUT2D eigenvalue weighted by Gasteiger charge is -2.17. The summed E-state index contributed by atoms with van der Waals surface area (Å²) in [5, 5.41) is 0. The highest BCUT2D eigenvalue weighted by Gasteiger charge is 2.20. The zero-order valence-electron chi connectivity index (χ0n) is 10.5. The minimum atomic E-state index is -0.597. The Kier molecular flexibility index (Phi) is 4.82. The van der Waals surface area contributed by atoms with Gasteiger partial charge in [0.25, 0.3) is 0 Å². The van der Waals surface area contributed by atoms with E-state index >= 15 is 0 Å². The van der Waals surface area contributed by atoms with Crippen molar-refractivity contribution in [2.24, 2.45) is 0 Å². The fraction of sp³-hybridized carbons (Fsp3) is 0.462. The Labute approximate surface area is 102 Å². The van der Waals surface area contributed by atoms with Crippen LogP contribution in [0.3, 0.4) is 0 Å². The van der Waals surface area contributed by atoms with E-state index in [0.29, 0.717) is 24.5 Å². The van der Waals surface area contributed by atoms with Crippen molar-refractivity contribution in [3.63, 3.8) is 0 Å². The Morgan fingerprint density at radius 3 is 2.65 bits per heavy atom. The smallest absolute Gasteiger partial charge is 0.347 e. The van der Waals surface area contributed by atoms with Gasteiger partial charge in [0.1, 0.15) is 5.75 Å². The number of anilines is 1. The first-order valence-electron chi connectivity index (χ1n) is 5.77. The molecule has 2 N–H and O–H groups in total. The van der Waals surface area contributed by atoms with Crippen LogP contribution in [0.25, 0.3) is 0 Å². The molecule has 0 saturated heterocycles. The van der Waals surface area contributed by atoms with Gasteiger partial charge >= 0.3 is 5.97 Å². The molecule has 0 bridgehead atoms. The molecule has 1 atom stereocenters. The summed E-state index contributed by atoms with van der Waals surface area (Å²) < 4.78 is 10.5. The molecule has 4 nitrogen and oxygen atoms in total. The lowest BCUT2D eigenvalue weighted by atomic mass is 10.2. The van der Waals surface area contributed by atoms with E-state index in [1.54, 1.807) is 13.0 Å². The average molecular weight is 237 g/mol. The first-order valence-corrected chi connectivity index (χ1v) is 5.77. The quantitative estimate of drug-likeness (QED) is 0.630. The number of nitrogen functional groups attached to an aromatic ring is 1. The molecule has 0 spiro atoms. The van der Waals surface area contributed by atoms with Gasteiger partial charge < -0.3 is 15.2 Å². The Balaban J connectivity index is 2.77. The second-order valence-electron chi connectivity index (χ2n) is 3.81. The molecule has 0 aliphatic heterocycles. The first kappa shape index (κ1) is 13.4. The molecule has 0 aliphatic carbocycles. The van der Waals surface area contributed by atoms with E-state index in [1.807, 2.05) is 26.0 Å². The molecule has 4 heteroatoms. The van der Waals surface area contributed by atoms with Gasteiger partial charge in [-0.05, 0) is 38.0 Å². The number of aryl methyl sites for hydroxylation is 1. The summed E-state index contributed by atoms with van der Waals surface area (Å²) >= 11 is 0. The molecule has 94 valence electrons. The maximum absolute atomic E-state index is 11.6. The number of carbonyl (C=O) groups is 1. The normalized spacial score (nSPS) is 11.9. The van der Waals surface area contributed by atoms with Crippen molar-refractivity contribution in [2.45, 2.75) is 33.3 Å². The van der Waals surface area contributed by atoms with Crippen LogP contribution in [0.2, 0.25) is 0 Å². The Morgan fingerprint density at radius 1 is 1.41 bits per heavy atom. The summed E-state index contributed by atoms with van der Waals surface area (Å²) in [5.41, 5.74) is 7.41. The van der Waals surface area contributed by atoms with E-state index in [4.69, 9.17) is 15.2 Å². The van der Waals surface area contributed by atoms with Gasteiger partial charge in [0.05, 0.1) is 12.3 Å². The van der Waals surface area contributed by atoms with Crippen molar-refractivity contribution >= 4 is 11.7 Å². The van der Waals surface area contributed by atoms with Crippen LogP contribution in [-0.2, 0) is 9.53 Å². The fourth-order valence-corrected chi connectivity index (χ4v) is 1.46. The molecule has 0 heterocycles. The molecule has 0 fully saturated rings. The Morgan fingerprint density at radius 2 is 2.12 bits per heavy atom. The number of nitrogens with two attached hydrogens (primary N) is 1. The van der Waals surface area contributed by atoms with Gasteiger partial charge in [-0.1, -0.05) is 13.0 Å². The van der Waals surface area contributed by atoms with Crippen LogP contribution in [0.15, 0.2) is 18.2 Å². The minimum absolute atomic E-state index is 0.349. The standard InChI is InChI=1S/C13H19NO3/c1-4-11(13(15)16-5-2)17-12-7-6-9(3)8-10(12)14/h6-8,11H,4-5,14H2,1-3H3. The zero-order chi connectivity index (χ0) is 12.8.